The summed E-state index contributed by atoms with van der Waals surface area (Å²) in [6.07, 6.45) is 0. The molecule has 0 atom stereocenters. The molecule has 0 aliphatic carbocycles. The van der Waals surface area contributed by atoms with Gasteiger partial charge in [0.25, 0.3) is 0 Å². The monoisotopic (exact) mass is 237 g/mol. The maximum atomic E-state index is 9.29. The van der Waals surface area contributed by atoms with Gasteiger partial charge in [-0.15, -0.1) is 0 Å². The number of ether oxygens (including phenoxy) is 1. The van der Waals surface area contributed by atoms with E-state index in [1.54, 1.807) is 0 Å². The molecule has 0 saturated carbocycles. The molecule has 0 aromatic heterocycles. The largest absolute Gasteiger partial charge is 0.494 e. The molecule has 0 unspecified atom stereocenters. The summed E-state index contributed by atoms with van der Waals surface area (Å²) in [6.45, 7) is 7.70. The highest BCUT2D eigenvalue weighted by atomic mass is 16.5. The minimum atomic E-state index is -0.196. The molecule has 3 nitrogen and oxygen atoms in total. The van der Waals surface area contributed by atoms with E-state index in [9.17, 15) is 5.11 Å². The fourth-order valence-corrected chi connectivity index (χ4v) is 1.47. The number of hydrogen-bond acceptors (Lipinski definition) is 3. The van der Waals surface area contributed by atoms with Gasteiger partial charge in [-0.25, -0.2) is 0 Å². The van der Waals surface area contributed by atoms with Crippen molar-refractivity contribution in [3.05, 3.63) is 29.8 Å². The zero-order chi connectivity index (χ0) is 12.9. The molecule has 1 aromatic carbocycles. The van der Waals surface area contributed by atoms with Gasteiger partial charge < -0.3 is 9.84 Å². The van der Waals surface area contributed by atoms with Gasteiger partial charge in [0.05, 0.1) is 13.2 Å². The minimum absolute atomic E-state index is 0.153. The number of nitrogens with zero attached hydrogens (tertiary/aromatic N) is 1. The Morgan fingerprint density at radius 1 is 1.24 bits per heavy atom. The van der Waals surface area contributed by atoms with E-state index in [0.29, 0.717) is 6.61 Å². The van der Waals surface area contributed by atoms with E-state index in [1.807, 2.05) is 40.0 Å². The molecule has 0 heterocycles. The third kappa shape index (κ3) is 4.02. The molecule has 0 radical (unpaired) electrons. The second kappa shape index (κ2) is 6.03. The summed E-state index contributed by atoms with van der Waals surface area (Å²) in [4.78, 5) is 2.14. The van der Waals surface area contributed by atoms with Gasteiger partial charge in [-0.1, -0.05) is 12.1 Å². The van der Waals surface area contributed by atoms with Crippen LogP contribution in [0.15, 0.2) is 24.3 Å². The Morgan fingerprint density at radius 2 is 1.82 bits per heavy atom. The molecule has 3 heteroatoms. The molecule has 0 bridgehead atoms. The fraction of sp³-hybridized carbons (Fsp3) is 0.571. The van der Waals surface area contributed by atoms with E-state index in [4.69, 9.17) is 4.74 Å². The van der Waals surface area contributed by atoms with Crippen LogP contribution in [0.4, 0.5) is 0 Å². The second-order valence-electron chi connectivity index (χ2n) is 4.90. The molecule has 1 rings (SSSR count). The van der Waals surface area contributed by atoms with E-state index >= 15 is 0 Å². The first kappa shape index (κ1) is 14.0. The van der Waals surface area contributed by atoms with Crippen LogP contribution in [0.3, 0.4) is 0 Å². The van der Waals surface area contributed by atoms with Crippen molar-refractivity contribution in [2.75, 3.05) is 20.3 Å². The Labute approximate surface area is 104 Å². The van der Waals surface area contributed by atoms with Crippen LogP contribution in [-0.2, 0) is 6.54 Å². The van der Waals surface area contributed by atoms with Crippen LogP contribution in [0, 0.1) is 0 Å². The minimum Gasteiger partial charge on any atom is -0.494 e. The number of rotatable bonds is 6. The van der Waals surface area contributed by atoms with Crippen molar-refractivity contribution in [3.63, 3.8) is 0 Å². The first-order chi connectivity index (χ1) is 7.99. The molecule has 0 spiro atoms. The van der Waals surface area contributed by atoms with Gasteiger partial charge in [0.1, 0.15) is 5.75 Å². The van der Waals surface area contributed by atoms with Gasteiger partial charge in [0.2, 0.25) is 0 Å². The first-order valence-electron chi connectivity index (χ1n) is 6.03. The summed E-state index contributed by atoms with van der Waals surface area (Å²) < 4.78 is 5.40. The highest BCUT2D eigenvalue weighted by Crippen LogP contribution is 2.17. The summed E-state index contributed by atoms with van der Waals surface area (Å²) >= 11 is 0. The van der Waals surface area contributed by atoms with Crippen molar-refractivity contribution in [2.24, 2.45) is 0 Å². The van der Waals surface area contributed by atoms with Crippen LogP contribution >= 0.6 is 0 Å². The topological polar surface area (TPSA) is 32.7 Å². The van der Waals surface area contributed by atoms with Crippen LogP contribution < -0.4 is 4.74 Å². The average Bonchev–Trinajstić information content (AvgIpc) is 2.32. The molecule has 0 amide bonds. The van der Waals surface area contributed by atoms with Crippen molar-refractivity contribution in [2.45, 2.75) is 32.9 Å². The predicted molar refractivity (Wildman–Crippen MR) is 70.2 cm³/mol. The Morgan fingerprint density at radius 3 is 2.29 bits per heavy atom. The number of likely N-dealkylation sites (N-methyl/N-ethyl adjacent to an activating group) is 1. The average molecular weight is 237 g/mol. The Hall–Kier alpha value is -1.06. The zero-order valence-electron chi connectivity index (χ0n) is 11.2. The summed E-state index contributed by atoms with van der Waals surface area (Å²) in [7, 11) is 2.02. The molecule has 17 heavy (non-hydrogen) atoms. The third-order valence-electron chi connectivity index (χ3n) is 3.07. The number of benzene rings is 1. The van der Waals surface area contributed by atoms with Crippen molar-refractivity contribution >= 4 is 0 Å². The van der Waals surface area contributed by atoms with Crippen molar-refractivity contribution < 1.29 is 9.84 Å². The maximum absolute atomic E-state index is 9.29. The number of hydrogen-bond donors (Lipinski definition) is 1. The molecule has 0 fully saturated rings. The van der Waals surface area contributed by atoms with Gasteiger partial charge in [-0.3, -0.25) is 4.90 Å². The summed E-state index contributed by atoms with van der Waals surface area (Å²) in [5, 5.41) is 9.29. The molecule has 1 aromatic rings. The van der Waals surface area contributed by atoms with Crippen LogP contribution in [0.25, 0.3) is 0 Å². The molecule has 1 N–H and O–H groups in total. The van der Waals surface area contributed by atoms with E-state index in [-0.39, 0.29) is 12.1 Å². The zero-order valence-corrected chi connectivity index (χ0v) is 11.2. The first-order valence-corrected chi connectivity index (χ1v) is 6.03. The van der Waals surface area contributed by atoms with Gasteiger partial charge in [0, 0.05) is 12.1 Å². The normalized spacial score (nSPS) is 11.9. The van der Waals surface area contributed by atoms with Gasteiger partial charge in [-0.2, -0.15) is 0 Å². The lowest BCUT2D eigenvalue weighted by atomic mass is 10.0. The lowest BCUT2D eigenvalue weighted by Crippen LogP contribution is -2.43. The van der Waals surface area contributed by atoms with Crippen molar-refractivity contribution in [1.82, 2.24) is 4.90 Å². The van der Waals surface area contributed by atoms with Gasteiger partial charge in [-0.05, 0) is 45.5 Å². The van der Waals surface area contributed by atoms with Crippen LogP contribution in [-0.4, -0.2) is 35.8 Å². The highest BCUT2D eigenvalue weighted by Gasteiger charge is 2.22. The molecule has 0 aliphatic heterocycles. The summed E-state index contributed by atoms with van der Waals surface area (Å²) in [5.41, 5.74) is 1.02. The quantitative estimate of drug-likeness (QED) is 0.824. The molecule has 0 saturated heterocycles. The van der Waals surface area contributed by atoms with Gasteiger partial charge in [0.15, 0.2) is 0 Å². The summed E-state index contributed by atoms with van der Waals surface area (Å²) in [6, 6.07) is 8.10. The lowest BCUT2D eigenvalue weighted by molar-refractivity contribution is 0.0734. The van der Waals surface area contributed by atoms with E-state index in [1.165, 1.54) is 5.56 Å². The van der Waals surface area contributed by atoms with E-state index in [2.05, 4.69) is 17.0 Å². The van der Waals surface area contributed by atoms with Crippen LogP contribution in [0.1, 0.15) is 26.3 Å². The smallest absolute Gasteiger partial charge is 0.119 e. The molecular formula is C14H23NO2. The predicted octanol–water partition coefficient (Wildman–Crippen LogP) is 2.29. The highest BCUT2D eigenvalue weighted by molar-refractivity contribution is 5.27. The standard InChI is InChI=1S/C14H23NO2/c1-5-17-13-8-6-12(7-9-13)10-15(4)14(2,3)11-16/h6-9,16H,5,10-11H2,1-4H3. The van der Waals surface area contributed by atoms with Crippen LogP contribution in [0.5, 0.6) is 5.75 Å². The third-order valence-corrected chi connectivity index (χ3v) is 3.07. The SMILES string of the molecule is CCOc1ccc(CN(C)C(C)(C)CO)cc1. The van der Waals surface area contributed by atoms with Gasteiger partial charge >= 0.3 is 0 Å². The molecule has 0 aliphatic rings. The Bertz CT molecular complexity index is 333. The van der Waals surface area contributed by atoms with Crippen molar-refractivity contribution in [3.8, 4) is 5.75 Å². The maximum Gasteiger partial charge on any atom is 0.119 e. The Kier molecular flexibility index (Phi) is 4.97. The molecule has 96 valence electrons. The fourth-order valence-electron chi connectivity index (χ4n) is 1.47. The second-order valence-corrected chi connectivity index (χ2v) is 4.90. The Balaban J connectivity index is 2.63. The van der Waals surface area contributed by atoms with E-state index < -0.39 is 0 Å². The number of aliphatic hydroxyl groups excluding tert-OH is 1. The number of aliphatic hydroxyl groups is 1. The molecular weight excluding hydrogens is 214 g/mol. The summed E-state index contributed by atoms with van der Waals surface area (Å²) in [5.74, 6) is 0.903. The van der Waals surface area contributed by atoms with Crippen LogP contribution in [0.2, 0.25) is 0 Å². The van der Waals surface area contributed by atoms with E-state index in [0.717, 1.165) is 12.3 Å². The lowest BCUT2D eigenvalue weighted by Gasteiger charge is -2.33. The van der Waals surface area contributed by atoms with Crippen molar-refractivity contribution in [1.29, 1.82) is 0 Å².